The summed E-state index contributed by atoms with van der Waals surface area (Å²) >= 11 is 6.67. The number of rotatable bonds is 2. The van der Waals surface area contributed by atoms with E-state index in [0.29, 0.717) is 5.02 Å². The highest BCUT2D eigenvalue weighted by atomic mass is 35.5. The smallest absolute Gasteiger partial charge is 0.305 e. The van der Waals surface area contributed by atoms with E-state index < -0.39 is 5.79 Å². The molecule has 0 aromatic heterocycles. The lowest BCUT2D eigenvalue weighted by Crippen LogP contribution is -2.29. The van der Waals surface area contributed by atoms with Crippen LogP contribution >= 0.6 is 11.6 Å². The molecule has 0 unspecified atom stereocenters. The van der Waals surface area contributed by atoms with Crippen LogP contribution in [0.1, 0.15) is 11.1 Å². The summed E-state index contributed by atoms with van der Waals surface area (Å²) < 4.78 is 11.7. The summed E-state index contributed by atoms with van der Waals surface area (Å²) in [7, 11) is 0. The van der Waals surface area contributed by atoms with Gasteiger partial charge in [0.05, 0.1) is 10.6 Å². The third kappa shape index (κ3) is 1.88. The van der Waals surface area contributed by atoms with Crippen LogP contribution in [0.3, 0.4) is 0 Å². The molecule has 3 aromatic rings. The van der Waals surface area contributed by atoms with Crippen LogP contribution in [-0.2, 0) is 15.3 Å². The first-order valence-electron chi connectivity index (χ1n) is 7.05. The van der Waals surface area contributed by atoms with Gasteiger partial charge in [0.2, 0.25) is 0 Å². The van der Waals surface area contributed by atoms with E-state index in [1.165, 1.54) is 0 Å². The standard InChI is InChI=1S/C19H13ClO2/c20-18-16-9-5-4-6-14(16)10-11-17(18)19(21-12-13-22-19)15-7-2-1-3-8-15/h1-13H. The molecule has 0 fully saturated rings. The fraction of sp³-hybridized carbons (Fsp3) is 0.0526. The quantitative estimate of drug-likeness (QED) is 0.647. The summed E-state index contributed by atoms with van der Waals surface area (Å²) in [5.74, 6) is -1.03. The molecule has 0 atom stereocenters. The Balaban J connectivity index is 1.97. The number of benzene rings is 3. The Morgan fingerprint density at radius 1 is 0.727 bits per heavy atom. The fourth-order valence-corrected chi connectivity index (χ4v) is 3.20. The van der Waals surface area contributed by atoms with Crippen LogP contribution in [0.5, 0.6) is 0 Å². The maximum absolute atomic E-state index is 6.67. The molecular formula is C19H13ClO2. The molecule has 0 saturated carbocycles. The SMILES string of the molecule is Clc1c(C2(c3ccccc3)OC=CO2)ccc2ccccc12. The molecule has 3 aromatic carbocycles. The number of fused-ring (bicyclic) bond motifs is 1. The Kier molecular flexibility index (Phi) is 3.05. The third-order valence-corrected chi connectivity index (χ3v) is 4.30. The topological polar surface area (TPSA) is 18.5 Å². The van der Waals surface area contributed by atoms with E-state index in [1.54, 1.807) is 12.5 Å². The zero-order valence-electron chi connectivity index (χ0n) is 11.7. The maximum atomic E-state index is 6.67. The first kappa shape index (κ1) is 13.2. The van der Waals surface area contributed by atoms with Crippen LogP contribution in [0, 0.1) is 0 Å². The average Bonchev–Trinajstić information content (AvgIpc) is 3.07. The van der Waals surface area contributed by atoms with Gasteiger partial charge in [0.25, 0.3) is 0 Å². The summed E-state index contributed by atoms with van der Waals surface area (Å²) in [6.45, 7) is 0. The van der Waals surface area contributed by atoms with Crippen LogP contribution in [0.25, 0.3) is 10.8 Å². The lowest BCUT2D eigenvalue weighted by molar-refractivity contribution is -0.112. The Morgan fingerprint density at radius 3 is 2.18 bits per heavy atom. The van der Waals surface area contributed by atoms with Gasteiger partial charge in [-0.05, 0) is 11.5 Å². The molecule has 0 bridgehead atoms. The molecule has 2 nitrogen and oxygen atoms in total. The predicted molar refractivity (Wildman–Crippen MR) is 87.5 cm³/mol. The van der Waals surface area contributed by atoms with Crippen molar-refractivity contribution >= 4 is 22.4 Å². The molecule has 3 heteroatoms. The van der Waals surface area contributed by atoms with Crippen molar-refractivity contribution in [1.82, 2.24) is 0 Å². The van der Waals surface area contributed by atoms with Gasteiger partial charge in [0.1, 0.15) is 12.5 Å². The molecule has 1 heterocycles. The Bertz CT molecular complexity index is 848. The minimum Gasteiger partial charge on any atom is -0.449 e. The minimum atomic E-state index is -1.03. The lowest BCUT2D eigenvalue weighted by atomic mass is 9.94. The molecule has 22 heavy (non-hydrogen) atoms. The monoisotopic (exact) mass is 308 g/mol. The number of hydrogen-bond donors (Lipinski definition) is 0. The molecule has 108 valence electrons. The molecule has 4 rings (SSSR count). The van der Waals surface area contributed by atoms with Gasteiger partial charge in [-0.3, -0.25) is 0 Å². The second-order valence-electron chi connectivity index (χ2n) is 5.14. The van der Waals surface area contributed by atoms with E-state index in [4.69, 9.17) is 21.1 Å². The van der Waals surface area contributed by atoms with E-state index in [9.17, 15) is 0 Å². The van der Waals surface area contributed by atoms with Crippen LogP contribution < -0.4 is 0 Å². The molecule has 0 radical (unpaired) electrons. The highest BCUT2D eigenvalue weighted by Gasteiger charge is 2.42. The van der Waals surface area contributed by atoms with Gasteiger partial charge in [-0.1, -0.05) is 72.3 Å². The van der Waals surface area contributed by atoms with E-state index in [1.807, 2.05) is 66.7 Å². The van der Waals surface area contributed by atoms with Crippen molar-refractivity contribution in [2.24, 2.45) is 0 Å². The van der Waals surface area contributed by atoms with Crippen LogP contribution in [0.4, 0.5) is 0 Å². The summed E-state index contributed by atoms with van der Waals surface area (Å²) in [6.07, 6.45) is 3.11. The van der Waals surface area contributed by atoms with E-state index >= 15 is 0 Å². The fourth-order valence-electron chi connectivity index (χ4n) is 2.84. The summed E-state index contributed by atoms with van der Waals surface area (Å²) in [4.78, 5) is 0. The molecule has 0 saturated heterocycles. The zero-order valence-corrected chi connectivity index (χ0v) is 12.5. The van der Waals surface area contributed by atoms with Crippen molar-refractivity contribution in [2.75, 3.05) is 0 Å². The van der Waals surface area contributed by atoms with E-state index in [0.717, 1.165) is 21.9 Å². The van der Waals surface area contributed by atoms with Crippen molar-refractivity contribution in [3.63, 3.8) is 0 Å². The van der Waals surface area contributed by atoms with Crippen LogP contribution in [-0.4, -0.2) is 0 Å². The van der Waals surface area contributed by atoms with Crippen molar-refractivity contribution < 1.29 is 9.47 Å². The highest BCUT2D eigenvalue weighted by molar-refractivity contribution is 6.36. The maximum Gasteiger partial charge on any atom is 0.305 e. The lowest BCUT2D eigenvalue weighted by Gasteiger charge is -2.29. The second-order valence-corrected chi connectivity index (χ2v) is 5.52. The van der Waals surface area contributed by atoms with Gasteiger partial charge in [0, 0.05) is 10.9 Å². The third-order valence-electron chi connectivity index (χ3n) is 3.90. The van der Waals surface area contributed by atoms with Gasteiger partial charge < -0.3 is 9.47 Å². The van der Waals surface area contributed by atoms with Crippen molar-refractivity contribution in [1.29, 1.82) is 0 Å². The molecule has 1 aliphatic rings. The first-order chi connectivity index (χ1) is 10.8. The normalized spacial score (nSPS) is 15.5. The summed E-state index contributed by atoms with van der Waals surface area (Å²) in [6, 6.07) is 21.8. The first-order valence-corrected chi connectivity index (χ1v) is 7.43. The number of ether oxygens (including phenoxy) is 2. The molecule has 0 spiro atoms. The molecule has 1 aliphatic heterocycles. The Hall–Kier alpha value is -2.45. The Labute approximate surface area is 133 Å². The molecule has 0 N–H and O–H groups in total. The highest BCUT2D eigenvalue weighted by Crippen LogP contribution is 2.43. The van der Waals surface area contributed by atoms with Gasteiger partial charge in [-0.15, -0.1) is 0 Å². The average molecular weight is 309 g/mol. The Morgan fingerprint density at radius 2 is 1.41 bits per heavy atom. The largest absolute Gasteiger partial charge is 0.449 e. The van der Waals surface area contributed by atoms with Gasteiger partial charge in [-0.25, -0.2) is 0 Å². The van der Waals surface area contributed by atoms with Gasteiger partial charge >= 0.3 is 5.79 Å². The molecule has 0 aliphatic carbocycles. The second kappa shape index (κ2) is 5.08. The number of halogens is 1. The van der Waals surface area contributed by atoms with E-state index in [2.05, 4.69) is 0 Å². The molecule has 0 amide bonds. The van der Waals surface area contributed by atoms with E-state index in [-0.39, 0.29) is 0 Å². The molecular weight excluding hydrogens is 296 g/mol. The predicted octanol–water partition coefficient (Wildman–Crippen LogP) is 5.21. The van der Waals surface area contributed by atoms with Crippen LogP contribution in [0.15, 0.2) is 79.3 Å². The van der Waals surface area contributed by atoms with Crippen LogP contribution in [0.2, 0.25) is 5.02 Å². The van der Waals surface area contributed by atoms with Crippen molar-refractivity contribution in [2.45, 2.75) is 5.79 Å². The van der Waals surface area contributed by atoms with Gasteiger partial charge in [-0.2, -0.15) is 0 Å². The zero-order chi connectivity index (χ0) is 15.0. The van der Waals surface area contributed by atoms with Crippen molar-refractivity contribution in [3.05, 3.63) is 95.4 Å². The summed E-state index contributed by atoms with van der Waals surface area (Å²) in [5.41, 5.74) is 1.70. The minimum absolute atomic E-state index is 0.644. The van der Waals surface area contributed by atoms with Crippen molar-refractivity contribution in [3.8, 4) is 0 Å². The number of hydrogen-bond acceptors (Lipinski definition) is 2. The summed E-state index contributed by atoms with van der Waals surface area (Å²) in [5, 5.41) is 2.71. The van der Waals surface area contributed by atoms with Gasteiger partial charge in [0.15, 0.2) is 0 Å².